The molecule has 0 aliphatic carbocycles. The van der Waals surface area contributed by atoms with Crippen LogP contribution >= 0.6 is 46.6 Å². The van der Waals surface area contributed by atoms with E-state index in [2.05, 4.69) is 41.3 Å². The van der Waals surface area contributed by atoms with E-state index in [4.69, 9.17) is 4.74 Å². The molecule has 1 aromatic heterocycles. The zero-order valence-electron chi connectivity index (χ0n) is 6.87. The van der Waals surface area contributed by atoms with Gasteiger partial charge in [-0.15, -0.1) is 24.0 Å². The summed E-state index contributed by atoms with van der Waals surface area (Å²) in [5, 5.41) is 1.21. The number of halogens is 1. The predicted molar refractivity (Wildman–Crippen MR) is 68.3 cm³/mol. The fraction of sp³-hybridized carbons (Fsp3) is 0.111. The molecule has 68 valence electrons. The summed E-state index contributed by atoms with van der Waals surface area (Å²) in [6.07, 6.45) is 0. The number of thiol groups is 1. The number of benzene rings is 1. The van der Waals surface area contributed by atoms with Crippen LogP contribution in [0.25, 0.3) is 10.1 Å². The lowest BCUT2D eigenvalue weighted by molar-refractivity contribution is 0.414. The Kier molecular flexibility index (Phi) is 2.71. The molecule has 0 atom stereocenters. The summed E-state index contributed by atoms with van der Waals surface area (Å²) in [5.74, 6) is 0.871. The van der Waals surface area contributed by atoms with Crippen LogP contribution in [0, 0.1) is 2.88 Å². The van der Waals surface area contributed by atoms with Gasteiger partial charge in [-0.25, -0.2) is 0 Å². The molecule has 0 saturated carbocycles. The summed E-state index contributed by atoms with van der Waals surface area (Å²) in [7, 11) is 1.67. The molecule has 0 saturated heterocycles. The second-order valence-electron chi connectivity index (χ2n) is 2.61. The number of rotatable bonds is 1. The van der Waals surface area contributed by atoms with E-state index in [0.717, 1.165) is 10.6 Å². The molecule has 0 amide bonds. The molecule has 0 aliphatic heterocycles. The van der Waals surface area contributed by atoms with Crippen molar-refractivity contribution in [2.24, 2.45) is 0 Å². The summed E-state index contributed by atoms with van der Waals surface area (Å²) in [6, 6.07) is 6.12. The van der Waals surface area contributed by atoms with Gasteiger partial charge < -0.3 is 4.74 Å². The standard InChI is InChI=1S/C9H7IOS2/c1-11-5-2-7(12)6-4-9(10)13-8(6)3-5/h2-4,12H,1H3. The molecular weight excluding hydrogens is 315 g/mol. The van der Waals surface area contributed by atoms with Crippen LogP contribution in [-0.4, -0.2) is 7.11 Å². The van der Waals surface area contributed by atoms with Crippen molar-refractivity contribution in [3.63, 3.8) is 0 Å². The largest absolute Gasteiger partial charge is 0.497 e. The zero-order chi connectivity index (χ0) is 9.42. The molecule has 0 spiro atoms. The number of hydrogen-bond donors (Lipinski definition) is 1. The lowest BCUT2D eigenvalue weighted by atomic mass is 10.2. The maximum Gasteiger partial charge on any atom is 0.121 e. The average molecular weight is 322 g/mol. The monoisotopic (exact) mass is 322 g/mol. The first-order valence-corrected chi connectivity index (χ1v) is 6.01. The van der Waals surface area contributed by atoms with Crippen molar-refractivity contribution in [1.29, 1.82) is 0 Å². The highest BCUT2D eigenvalue weighted by Crippen LogP contribution is 2.34. The van der Waals surface area contributed by atoms with Crippen molar-refractivity contribution in [1.82, 2.24) is 0 Å². The van der Waals surface area contributed by atoms with E-state index in [-0.39, 0.29) is 0 Å². The summed E-state index contributed by atoms with van der Waals surface area (Å²) >= 11 is 8.48. The van der Waals surface area contributed by atoms with Gasteiger partial charge in [-0.3, -0.25) is 0 Å². The second-order valence-corrected chi connectivity index (χ2v) is 6.07. The highest BCUT2D eigenvalue weighted by molar-refractivity contribution is 14.1. The molecule has 1 nitrogen and oxygen atoms in total. The normalized spacial score (nSPS) is 10.7. The van der Waals surface area contributed by atoms with Crippen LogP contribution in [-0.2, 0) is 0 Å². The minimum atomic E-state index is 0.871. The van der Waals surface area contributed by atoms with Crippen LogP contribution in [0.4, 0.5) is 0 Å². The predicted octanol–water partition coefficient (Wildman–Crippen LogP) is 3.80. The maximum absolute atomic E-state index is 5.17. The van der Waals surface area contributed by atoms with E-state index in [9.17, 15) is 0 Å². The third-order valence-corrected chi connectivity index (χ3v) is 4.01. The topological polar surface area (TPSA) is 9.23 Å². The van der Waals surface area contributed by atoms with Crippen LogP contribution in [0.1, 0.15) is 0 Å². The van der Waals surface area contributed by atoms with Gasteiger partial charge in [0.2, 0.25) is 0 Å². The molecular formula is C9H7IOS2. The fourth-order valence-corrected chi connectivity index (χ4v) is 3.43. The Hall–Kier alpha value is 0.0600. The van der Waals surface area contributed by atoms with E-state index < -0.39 is 0 Å². The first kappa shape index (κ1) is 9.61. The highest BCUT2D eigenvalue weighted by Gasteiger charge is 2.05. The molecule has 1 heterocycles. The smallest absolute Gasteiger partial charge is 0.121 e. The van der Waals surface area contributed by atoms with Gasteiger partial charge in [0.15, 0.2) is 0 Å². The lowest BCUT2D eigenvalue weighted by Crippen LogP contribution is -1.81. The van der Waals surface area contributed by atoms with Crippen LogP contribution in [0.15, 0.2) is 23.1 Å². The molecule has 0 fully saturated rings. The number of fused-ring (bicyclic) bond motifs is 1. The summed E-state index contributed by atoms with van der Waals surface area (Å²) in [5.41, 5.74) is 0. The van der Waals surface area contributed by atoms with Crippen LogP contribution in [0.5, 0.6) is 5.75 Å². The quantitative estimate of drug-likeness (QED) is 0.621. The van der Waals surface area contributed by atoms with E-state index >= 15 is 0 Å². The van der Waals surface area contributed by atoms with Crippen LogP contribution in [0.3, 0.4) is 0 Å². The minimum absolute atomic E-state index is 0.871. The molecule has 0 N–H and O–H groups in total. The highest BCUT2D eigenvalue weighted by atomic mass is 127. The van der Waals surface area contributed by atoms with Crippen molar-refractivity contribution in [3.05, 3.63) is 21.1 Å². The number of ether oxygens (including phenoxy) is 1. The van der Waals surface area contributed by atoms with Crippen molar-refractivity contribution >= 4 is 56.6 Å². The molecule has 0 radical (unpaired) electrons. The second kappa shape index (κ2) is 3.67. The molecule has 2 aromatic rings. The summed E-state index contributed by atoms with van der Waals surface area (Å²) < 4.78 is 7.67. The van der Waals surface area contributed by atoms with Crippen molar-refractivity contribution in [3.8, 4) is 5.75 Å². The van der Waals surface area contributed by atoms with Gasteiger partial charge in [0.1, 0.15) is 5.75 Å². The van der Waals surface area contributed by atoms with Crippen LogP contribution < -0.4 is 4.74 Å². The Morgan fingerprint density at radius 2 is 2.15 bits per heavy atom. The Labute approximate surface area is 99.6 Å². The minimum Gasteiger partial charge on any atom is -0.497 e. The van der Waals surface area contributed by atoms with Crippen LogP contribution in [0.2, 0.25) is 0 Å². The SMILES string of the molecule is COc1cc(S)c2cc(I)sc2c1. The Morgan fingerprint density at radius 3 is 2.85 bits per heavy atom. The molecule has 0 bridgehead atoms. The molecule has 2 rings (SSSR count). The maximum atomic E-state index is 5.17. The van der Waals surface area contributed by atoms with Gasteiger partial charge in [0.05, 0.1) is 9.99 Å². The van der Waals surface area contributed by atoms with E-state index in [1.807, 2.05) is 12.1 Å². The molecule has 4 heteroatoms. The Morgan fingerprint density at radius 1 is 1.38 bits per heavy atom. The van der Waals surface area contributed by atoms with Gasteiger partial charge in [0, 0.05) is 15.0 Å². The molecule has 0 unspecified atom stereocenters. The third-order valence-electron chi connectivity index (χ3n) is 1.79. The van der Waals surface area contributed by atoms with Gasteiger partial charge in [0.25, 0.3) is 0 Å². The Balaban J connectivity index is 2.75. The van der Waals surface area contributed by atoms with Gasteiger partial charge in [-0.05, 0) is 40.8 Å². The number of hydrogen-bond acceptors (Lipinski definition) is 3. The van der Waals surface area contributed by atoms with Gasteiger partial charge in [-0.2, -0.15) is 0 Å². The first-order chi connectivity index (χ1) is 6.20. The fourth-order valence-electron chi connectivity index (χ4n) is 1.18. The van der Waals surface area contributed by atoms with Crippen molar-refractivity contribution < 1.29 is 4.74 Å². The van der Waals surface area contributed by atoms with E-state index in [1.165, 1.54) is 13.0 Å². The van der Waals surface area contributed by atoms with Crippen molar-refractivity contribution in [2.75, 3.05) is 7.11 Å². The van der Waals surface area contributed by atoms with E-state index in [1.54, 1.807) is 18.4 Å². The summed E-state index contributed by atoms with van der Waals surface area (Å²) in [6.45, 7) is 0. The molecule has 0 aliphatic rings. The van der Waals surface area contributed by atoms with E-state index in [0.29, 0.717) is 0 Å². The third kappa shape index (κ3) is 1.80. The van der Waals surface area contributed by atoms with Gasteiger partial charge >= 0.3 is 0 Å². The number of methoxy groups -OCH3 is 1. The number of thiophene rings is 1. The zero-order valence-corrected chi connectivity index (χ0v) is 10.7. The Bertz CT molecular complexity index is 450. The van der Waals surface area contributed by atoms with Gasteiger partial charge in [-0.1, -0.05) is 0 Å². The lowest BCUT2D eigenvalue weighted by Gasteiger charge is -2.01. The van der Waals surface area contributed by atoms with Crippen molar-refractivity contribution in [2.45, 2.75) is 4.90 Å². The molecule has 1 aromatic carbocycles. The average Bonchev–Trinajstić information content (AvgIpc) is 2.46. The molecule has 13 heavy (non-hydrogen) atoms. The first-order valence-electron chi connectivity index (χ1n) is 3.67. The summed E-state index contributed by atoms with van der Waals surface area (Å²) in [4.78, 5) is 0.980.